The third-order valence-electron chi connectivity index (χ3n) is 6.31. The van der Waals surface area contributed by atoms with Crippen LogP contribution < -0.4 is 10.6 Å². The number of carbonyl (C=O) groups is 1. The molecule has 0 aromatic carbocycles. The van der Waals surface area contributed by atoms with Gasteiger partial charge >= 0.3 is 6.03 Å². The van der Waals surface area contributed by atoms with Gasteiger partial charge in [-0.05, 0) is 76.2 Å². The second kappa shape index (κ2) is 5.80. The van der Waals surface area contributed by atoms with E-state index in [0.29, 0.717) is 5.76 Å². The summed E-state index contributed by atoms with van der Waals surface area (Å²) in [6, 6.07) is 1.69. The van der Waals surface area contributed by atoms with Crippen molar-refractivity contribution in [3.05, 3.63) is 23.2 Å². The monoisotopic (exact) mass is 332 g/mol. The summed E-state index contributed by atoms with van der Waals surface area (Å²) in [5.74, 6) is 3.90. The molecular formula is C19H28N2O3. The average Bonchev–Trinajstić information content (AvgIpc) is 2.81. The lowest BCUT2D eigenvalue weighted by atomic mass is 9.53. The standard InChI is InChI=1S/C19H28N2O3/c1-11-3-16(12(2)24-11)17(22)10-20-18(23)21-19-7-13-4-14(8-19)6-15(5-13)9-19/h3,13-15,17,22H,4-10H2,1-2H3,(H2,20,21,23). The molecule has 3 N–H and O–H groups in total. The van der Waals surface area contributed by atoms with Crippen LogP contribution in [0.1, 0.15) is 61.7 Å². The lowest BCUT2D eigenvalue weighted by Gasteiger charge is -2.56. The van der Waals surface area contributed by atoms with E-state index in [-0.39, 0.29) is 18.1 Å². The minimum Gasteiger partial charge on any atom is -0.466 e. The van der Waals surface area contributed by atoms with Gasteiger partial charge in [0.1, 0.15) is 11.5 Å². The van der Waals surface area contributed by atoms with Crippen LogP contribution >= 0.6 is 0 Å². The predicted molar refractivity (Wildman–Crippen MR) is 90.6 cm³/mol. The van der Waals surface area contributed by atoms with E-state index < -0.39 is 6.10 Å². The molecule has 4 aliphatic carbocycles. The number of aryl methyl sites for hydroxylation is 2. The van der Waals surface area contributed by atoms with Crippen LogP contribution in [0.2, 0.25) is 0 Å². The SMILES string of the molecule is Cc1cc(C(O)CNC(=O)NC23CC4CC(CC(C4)C2)C3)c(C)o1. The first-order valence-electron chi connectivity index (χ1n) is 9.23. The fraction of sp³-hybridized carbons (Fsp3) is 0.737. The Labute approximate surface area is 143 Å². The van der Waals surface area contributed by atoms with E-state index in [9.17, 15) is 9.90 Å². The highest BCUT2D eigenvalue weighted by atomic mass is 16.3. The van der Waals surface area contributed by atoms with Crippen molar-refractivity contribution in [2.24, 2.45) is 17.8 Å². The number of amides is 2. The van der Waals surface area contributed by atoms with E-state index in [1.165, 1.54) is 19.3 Å². The van der Waals surface area contributed by atoms with Gasteiger partial charge in [0, 0.05) is 17.6 Å². The number of hydrogen-bond donors (Lipinski definition) is 3. The number of nitrogens with one attached hydrogen (secondary N) is 2. The third kappa shape index (κ3) is 2.94. The van der Waals surface area contributed by atoms with Gasteiger partial charge in [-0.25, -0.2) is 4.79 Å². The van der Waals surface area contributed by atoms with E-state index in [1.54, 1.807) is 0 Å². The lowest BCUT2D eigenvalue weighted by Crippen LogP contribution is -2.61. The molecule has 1 heterocycles. The van der Waals surface area contributed by atoms with Gasteiger partial charge in [0.15, 0.2) is 0 Å². The third-order valence-corrected chi connectivity index (χ3v) is 6.31. The van der Waals surface area contributed by atoms with Gasteiger partial charge in [0.2, 0.25) is 0 Å². The van der Waals surface area contributed by atoms with Crippen molar-refractivity contribution in [2.75, 3.05) is 6.54 Å². The second-order valence-corrected chi connectivity index (χ2v) is 8.42. The maximum Gasteiger partial charge on any atom is 0.315 e. The number of aliphatic hydroxyl groups excluding tert-OH is 1. The van der Waals surface area contributed by atoms with Gasteiger partial charge in [-0.1, -0.05) is 0 Å². The predicted octanol–water partition coefficient (Wildman–Crippen LogP) is 3.20. The minimum atomic E-state index is -0.732. The van der Waals surface area contributed by atoms with Gasteiger partial charge in [0.05, 0.1) is 6.10 Å². The zero-order valence-corrected chi connectivity index (χ0v) is 14.6. The van der Waals surface area contributed by atoms with E-state index in [0.717, 1.165) is 48.3 Å². The van der Waals surface area contributed by atoms with Gasteiger partial charge < -0.3 is 20.2 Å². The summed E-state index contributed by atoms with van der Waals surface area (Å²) in [6.45, 7) is 3.90. The van der Waals surface area contributed by atoms with Crippen LogP contribution in [-0.2, 0) is 0 Å². The molecule has 4 saturated carbocycles. The molecule has 24 heavy (non-hydrogen) atoms. The number of aliphatic hydroxyl groups is 1. The molecule has 1 aromatic rings. The molecule has 1 atom stereocenters. The Morgan fingerprint density at radius 3 is 2.33 bits per heavy atom. The van der Waals surface area contributed by atoms with Gasteiger partial charge in [-0.2, -0.15) is 0 Å². The average molecular weight is 332 g/mol. The fourth-order valence-electron chi connectivity index (χ4n) is 5.83. The van der Waals surface area contributed by atoms with Crippen molar-refractivity contribution in [3.63, 3.8) is 0 Å². The van der Waals surface area contributed by atoms with Crippen molar-refractivity contribution in [1.29, 1.82) is 0 Å². The number of furan rings is 1. The van der Waals surface area contributed by atoms with Crippen LogP contribution in [0.4, 0.5) is 4.79 Å². The molecule has 5 rings (SSSR count). The zero-order chi connectivity index (χ0) is 16.9. The minimum absolute atomic E-state index is 0.00588. The molecule has 4 bridgehead atoms. The zero-order valence-electron chi connectivity index (χ0n) is 14.6. The molecule has 5 heteroatoms. The molecule has 5 nitrogen and oxygen atoms in total. The van der Waals surface area contributed by atoms with Crippen molar-refractivity contribution in [1.82, 2.24) is 10.6 Å². The van der Waals surface area contributed by atoms with Crippen LogP contribution in [0, 0.1) is 31.6 Å². The second-order valence-electron chi connectivity index (χ2n) is 8.42. The van der Waals surface area contributed by atoms with Gasteiger partial charge in [0.25, 0.3) is 0 Å². The Balaban J connectivity index is 1.33. The summed E-state index contributed by atoms with van der Waals surface area (Å²) in [7, 11) is 0. The number of carbonyl (C=O) groups excluding carboxylic acids is 1. The molecule has 0 aliphatic heterocycles. The van der Waals surface area contributed by atoms with Crippen molar-refractivity contribution in [3.8, 4) is 0 Å². The number of hydrogen-bond acceptors (Lipinski definition) is 3. The van der Waals surface area contributed by atoms with Crippen LogP contribution in [0.15, 0.2) is 10.5 Å². The van der Waals surface area contributed by atoms with Crippen molar-refractivity contribution in [2.45, 2.75) is 64.0 Å². The Hall–Kier alpha value is -1.49. The smallest absolute Gasteiger partial charge is 0.315 e. The Bertz CT molecular complexity index is 601. The fourth-order valence-corrected chi connectivity index (χ4v) is 5.83. The molecule has 4 aliphatic rings. The van der Waals surface area contributed by atoms with Crippen LogP contribution in [0.25, 0.3) is 0 Å². The largest absolute Gasteiger partial charge is 0.466 e. The topological polar surface area (TPSA) is 74.5 Å². The summed E-state index contributed by atoms with van der Waals surface area (Å²) in [6.07, 6.45) is 6.75. The van der Waals surface area contributed by atoms with Gasteiger partial charge in [-0.3, -0.25) is 0 Å². The molecule has 2 amide bonds. The Morgan fingerprint density at radius 2 is 1.83 bits per heavy atom. The molecule has 132 valence electrons. The number of rotatable bonds is 4. The highest BCUT2D eigenvalue weighted by Gasteiger charge is 2.51. The maximum absolute atomic E-state index is 12.4. The lowest BCUT2D eigenvalue weighted by molar-refractivity contribution is -0.0136. The molecule has 0 spiro atoms. The van der Waals surface area contributed by atoms with Crippen molar-refractivity contribution >= 4 is 6.03 Å². The van der Waals surface area contributed by atoms with Crippen LogP contribution in [0.3, 0.4) is 0 Å². The molecule has 0 radical (unpaired) electrons. The summed E-state index contributed by atoms with van der Waals surface area (Å²) < 4.78 is 5.45. The molecule has 1 unspecified atom stereocenters. The quantitative estimate of drug-likeness (QED) is 0.792. The van der Waals surface area contributed by atoms with E-state index in [2.05, 4.69) is 10.6 Å². The van der Waals surface area contributed by atoms with Gasteiger partial charge in [-0.15, -0.1) is 0 Å². The first kappa shape index (κ1) is 16.0. The highest BCUT2D eigenvalue weighted by molar-refractivity contribution is 5.75. The molecule has 1 aromatic heterocycles. The van der Waals surface area contributed by atoms with Crippen LogP contribution in [0.5, 0.6) is 0 Å². The summed E-state index contributed by atoms with van der Waals surface area (Å²) in [5, 5.41) is 16.4. The highest BCUT2D eigenvalue weighted by Crippen LogP contribution is 2.55. The van der Waals surface area contributed by atoms with E-state index in [4.69, 9.17) is 4.42 Å². The molecule has 4 fully saturated rings. The first-order chi connectivity index (χ1) is 11.4. The van der Waals surface area contributed by atoms with Crippen molar-refractivity contribution < 1.29 is 14.3 Å². The Morgan fingerprint density at radius 1 is 1.25 bits per heavy atom. The Kier molecular flexibility index (Phi) is 3.87. The molecule has 0 saturated heterocycles. The first-order valence-corrected chi connectivity index (χ1v) is 9.23. The summed E-state index contributed by atoms with van der Waals surface area (Å²) in [5.41, 5.74) is 0.758. The van der Waals surface area contributed by atoms with Crippen LogP contribution in [-0.4, -0.2) is 23.2 Å². The maximum atomic E-state index is 12.4. The molecular weight excluding hydrogens is 304 g/mol. The van der Waals surface area contributed by atoms with E-state index >= 15 is 0 Å². The normalized spacial score (nSPS) is 35.0. The summed E-state index contributed by atoms with van der Waals surface area (Å²) >= 11 is 0. The summed E-state index contributed by atoms with van der Waals surface area (Å²) in [4.78, 5) is 12.4. The van der Waals surface area contributed by atoms with E-state index in [1.807, 2.05) is 19.9 Å². The number of urea groups is 1.